The summed E-state index contributed by atoms with van der Waals surface area (Å²) in [6.45, 7) is 2.93. The number of benzene rings is 3. The quantitative estimate of drug-likeness (QED) is 0.293. The Balaban J connectivity index is 1.27. The number of fused-ring (bicyclic) bond motifs is 3. The summed E-state index contributed by atoms with van der Waals surface area (Å²) < 4.78 is 44.6. The molecule has 1 N–H and O–H groups in total. The minimum Gasteiger partial charge on any atom is -0.406 e. The molecule has 8 nitrogen and oxygen atoms in total. The first-order valence-corrected chi connectivity index (χ1v) is 11.9. The molecule has 5 rings (SSSR count). The number of hydrogen-bond donors (Lipinski definition) is 1. The van der Waals surface area contributed by atoms with Gasteiger partial charge in [0.1, 0.15) is 5.75 Å². The number of alkyl halides is 3. The maximum absolute atomic E-state index is 12.7. The van der Waals surface area contributed by atoms with Crippen molar-refractivity contribution in [2.75, 3.05) is 11.1 Å². The number of hydrogen-bond acceptors (Lipinski definition) is 6. The van der Waals surface area contributed by atoms with Crippen molar-refractivity contribution in [1.82, 2.24) is 24.8 Å². The number of halogens is 3. The molecule has 0 atom stereocenters. The molecule has 0 unspecified atom stereocenters. The second-order valence-corrected chi connectivity index (χ2v) is 8.69. The molecule has 184 valence electrons. The van der Waals surface area contributed by atoms with Crippen LogP contribution in [0.4, 0.5) is 18.9 Å². The van der Waals surface area contributed by atoms with Gasteiger partial charge in [0.05, 0.1) is 11.4 Å². The minimum absolute atomic E-state index is 0.0321. The van der Waals surface area contributed by atoms with Crippen LogP contribution in [0.15, 0.2) is 71.9 Å². The van der Waals surface area contributed by atoms with Crippen molar-refractivity contribution in [2.45, 2.75) is 25.0 Å². The van der Waals surface area contributed by atoms with Crippen LogP contribution in [0.1, 0.15) is 6.92 Å². The molecule has 2 aromatic heterocycles. The highest BCUT2D eigenvalue weighted by Gasteiger charge is 2.31. The van der Waals surface area contributed by atoms with Gasteiger partial charge in [-0.1, -0.05) is 30.0 Å². The van der Waals surface area contributed by atoms with Crippen molar-refractivity contribution >= 4 is 45.2 Å². The van der Waals surface area contributed by atoms with Crippen molar-refractivity contribution < 1.29 is 22.7 Å². The summed E-state index contributed by atoms with van der Waals surface area (Å²) in [6, 6.07) is 19.1. The van der Waals surface area contributed by atoms with E-state index in [1.807, 2.05) is 30.3 Å². The number of nitrogens with zero attached hydrogens (tertiary/aromatic N) is 5. The number of carbonyl (C=O) groups excluding carboxylic acids is 1. The van der Waals surface area contributed by atoms with Crippen molar-refractivity contribution in [3.63, 3.8) is 0 Å². The van der Waals surface area contributed by atoms with Crippen LogP contribution in [0.5, 0.6) is 5.75 Å². The summed E-state index contributed by atoms with van der Waals surface area (Å²) in [5.74, 6) is -0.571. The minimum atomic E-state index is -4.78. The van der Waals surface area contributed by atoms with Gasteiger partial charge in [-0.25, -0.2) is 0 Å². The van der Waals surface area contributed by atoms with Gasteiger partial charge in [-0.15, -0.1) is 18.3 Å². The standard InChI is InChI=1S/C24H19F3N6O2S/c1-2-32-20-6-4-3-5-18(20)19-13-15(7-12-21(19)32)28-22(34)14-36-23-29-30-31-33(23)16-8-10-17(11-9-16)35-24(25,26)27/h3-13H,2,14H2,1H3,(H,28,34). The Bertz CT molecular complexity index is 1550. The molecule has 0 fully saturated rings. The van der Waals surface area contributed by atoms with E-state index in [1.54, 1.807) is 0 Å². The summed E-state index contributed by atoms with van der Waals surface area (Å²) in [4.78, 5) is 12.7. The zero-order valence-electron chi connectivity index (χ0n) is 18.9. The largest absolute Gasteiger partial charge is 0.573 e. The van der Waals surface area contributed by atoms with Gasteiger partial charge >= 0.3 is 6.36 Å². The van der Waals surface area contributed by atoms with E-state index in [1.165, 1.54) is 16.8 Å². The highest BCUT2D eigenvalue weighted by molar-refractivity contribution is 7.99. The second kappa shape index (κ2) is 9.53. The fourth-order valence-corrected chi connectivity index (χ4v) is 4.71. The van der Waals surface area contributed by atoms with Crippen LogP contribution < -0.4 is 10.1 Å². The molecule has 36 heavy (non-hydrogen) atoms. The molecule has 0 aliphatic heterocycles. The lowest BCUT2D eigenvalue weighted by molar-refractivity contribution is -0.274. The summed E-state index contributed by atoms with van der Waals surface area (Å²) in [6.07, 6.45) is -4.78. The third-order valence-corrected chi connectivity index (χ3v) is 6.38. The number of ether oxygens (including phenoxy) is 1. The van der Waals surface area contributed by atoms with E-state index in [9.17, 15) is 18.0 Å². The first-order chi connectivity index (χ1) is 17.3. The Kier molecular flexibility index (Phi) is 6.27. The van der Waals surface area contributed by atoms with Gasteiger partial charge in [-0.3, -0.25) is 4.79 Å². The van der Waals surface area contributed by atoms with E-state index >= 15 is 0 Å². The smallest absolute Gasteiger partial charge is 0.406 e. The number of carbonyl (C=O) groups is 1. The van der Waals surface area contributed by atoms with Gasteiger partial charge < -0.3 is 14.6 Å². The lowest BCUT2D eigenvalue weighted by Gasteiger charge is -2.09. The van der Waals surface area contributed by atoms with Crippen LogP contribution in [-0.2, 0) is 11.3 Å². The van der Waals surface area contributed by atoms with E-state index < -0.39 is 6.36 Å². The molecule has 0 saturated heterocycles. The fraction of sp³-hybridized carbons (Fsp3) is 0.167. The van der Waals surface area contributed by atoms with Crippen LogP contribution in [0, 0.1) is 0 Å². The summed E-state index contributed by atoms with van der Waals surface area (Å²) >= 11 is 1.10. The maximum atomic E-state index is 12.7. The van der Waals surface area contributed by atoms with Gasteiger partial charge in [0.2, 0.25) is 11.1 Å². The van der Waals surface area contributed by atoms with Gasteiger partial charge in [0.25, 0.3) is 0 Å². The van der Waals surface area contributed by atoms with Crippen molar-refractivity contribution in [1.29, 1.82) is 0 Å². The predicted molar refractivity (Wildman–Crippen MR) is 130 cm³/mol. The molecule has 12 heteroatoms. The molecular formula is C24H19F3N6O2S. The lowest BCUT2D eigenvalue weighted by Crippen LogP contribution is -2.17. The van der Waals surface area contributed by atoms with Crippen LogP contribution in [0.2, 0.25) is 0 Å². The molecular weight excluding hydrogens is 493 g/mol. The van der Waals surface area contributed by atoms with Gasteiger partial charge in [-0.2, -0.15) is 4.68 Å². The number of anilines is 1. The van der Waals surface area contributed by atoms with E-state index in [-0.39, 0.29) is 17.4 Å². The summed E-state index contributed by atoms with van der Waals surface area (Å²) in [5, 5.41) is 16.8. The predicted octanol–water partition coefficient (Wildman–Crippen LogP) is 5.42. The van der Waals surface area contributed by atoms with Gasteiger partial charge in [-0.05, 0) is 65.9 Å². The molecule has 2 heterocycles. The fourth-order valence-electron chi connectivity index (χ4n) is 4.02. The number of rotatable bonds is 7. The van der Waals surface area contributed by atoms with E-state index in [0.29, 0.717) is 16.5 Å². The average molecular weight is 513 g/mol. The normalized spacial score (nSPS) is 11.8. The van der Waals surface area contributed by atoms with Crippen LogP contribution in [0.25, 0.3) is 27.5 Å². The van der Waals surface area contributed by atoms with Crippen LogP contribution in [-0.4, -0.2) is 42.8 Å². The topological polar surface area (TPSA) is 86.9 Å². The Labute approximate surface area is 207 Å². The average Bonchev–Trinajstić information content (AvgIpc) is 3.44. The number of aromatic nitrogens is 5. The molecule has 0 aliphatic carbocycles. The maximum Gasteiger partial charge on any atom is 0.573 e. The molecule has 0 aliphatic rings. The number of amides is 1. The lowest BCUT2D eigenvalue weighted by atomic mass is 10.1. The van der Waals surface area contributed by atoms with Crippen LogP contribution in [0.3, 0.4) is 0 Å². The monoisotopic (exact) mass is 512 g/mol. The van der Waals surface area contributed by atoms with E-state index in [4.69, 9.17) is 0 Å². The molecule has 0 spiro atoms. The van der Waals surface area contributed by atoms with Gasteiger partial charge in [0.15, 0.2) is 0 Å². The molecule has 1 amide bonds. The second-order valence-electron chi connectivity index (χ2n) is 7.75. The number of thioether (sulfide) groups is 1. The van der Waals surface area contributed by atoms with Crippen LogP contribution >= 0.6 is 11.8 Å². The Morgan fingerprint density at radius 3 is 2.53 bits per heavy atom. The number of para-hydroxylation sites is 1. The third-order valence-electron chi connectivity index (χ3n) is 5.46. The van der Waals surface area contributed by atoms with Crippen molar-refractivity contribution in [2.24, 2.45) is 0 Å². The number of nitrogens with one attached hydrogen (secondary N) is 1. The zero-order chi connectivity index (χ0) is 25.3. The SMILES string of the molecule is CCn1c2ccccc2c2cc(NC(=O)CSc3nnnn3-c3ccc(OC(F)(F)F)cc3)ccc21. The first-order valence-electron chi connectivity index (χ1n) is 10.9. The van der Waals surface area contributed by atoms with E-state index in [0.717, 1.165) is 52.2 Å². The molecule has 0 radical (unpaired) electrons. The third kappa shape index (κ3) is 4.85. The summed E-state index contributed by atoms with van der Waals surface area (Å²) in [5.41, 5.74) is 3.33. The number of aryl methyl sites for hydroxylation is 1. The summed E-state index contributed by atoms with van der Waals surface area (Å²) in [7, 11) is 0. The number of tetrazole rings is 1. The zero-order valence-corrected chi connectivity index (χ0v) is 19.7. The molecule has 5 aromatic rings. The molecule has 3 aromatic carbocycles. The highest BCUT2D eigenvalue weighted by atomic mass is 32.2. The highest BCUT2D eigenvalue weighted by Crippen LogP contribution is 2.31. The van der Waals surface area contributed by atoms with Gasteiger partial charge in [0, 0.05) is 34.0 Å². The van der Waals surface area contributed by atoms with Crippen molar-refractivity contribution in [3.05, 3.63) is 66.7 Å². The Morgan fingerprint density at radius 1 is 1.03 bits per heavy atom. The molecule has 0 bridgehead atoms. The van der Waals surface area contributed by atoms with E-state index in [2.05, 4.69) is 49.2 Å². The first kappa shape index (κ1) is 23.7. The molecule has 0 saturated carbocycles. The Hall–Kier alpha value is -4.06. The Morgan fingerprint density at radius 2 is 1.78 bits per heavy atom. The van der Waals surface area contributed by atoms with Crippen molar-refractivity contribution in [3.8, 4) is 11.4 Å².